The molecule has 0 radical (unpaired) electrons. The molecule has 0 rings (SSSR count). The van der Waals surface area contributed by atoms with Crippen molar-refractivity contribution >= 4 is 5.97 Å². The summed E-state index contributed by atoms with van der Waals surface area (Å²) < 4.78 is 5.17. The van der Waals surface area contributed by atoms with E-state index in [0.29, 0.717) is 0 Å². The Labute approximate surface area is 173 Å². The van der Waals surface area contributed by atoms with Crippen molar-refractivity contribution in [2.24, 2.45) is 0 Å². The topological polar surface area (TPSA) is 26.3 Å². The summed E-state index contributed by atoms with van der Waals surface area (Å²) >= 11 is 0. The fourth-order valence-corrected chi connectivity index (χ4v) is 2.38. The molecular weight excluding hydrogens is 344 g/mol. The lowest BCUT2D eigenvalue weighted by Gasteiger charge is -2.17. The molecule has 28 heavy (non-hydrogen) atoms. The van der Waals surface area contributed by atoms with Gasteiger partial charge in [0.2, 0.25) is 0 Å². The maximum atomic E-state index is 11.5. The largest absolute Gasteiger partial charge is 0.457 e. The highest BCUT2D eigenvalue weighted by Gasteiger charge is 2.13. The molecule has 0 fully saturated rings. The van der Waals surface area contributed by atoms with Gasteiger partial charge in [0.05, 0.1) is 0 Å². The van der Waals surface area contributed by atoms with Crippen LogP contribution < -0.4 is 0 Å². The summed E-state index contributed by atoms with van der Waals surface area (Å²) in [5.41, 5.74) is -0.452. The quantitative estimate of drug-likeness (QED) is 0.132. The van der Waals surface area contributed by atoms with Gasteiger partial charge in [0.1, 0.15) is 5.60 Å². The minimum atomic E-state index is -0.452. The van der Waals surface area contributed by atoms with Gasteiger partial charge < -0.3 is 4.74 Å². The molecule has 156 valence electrons. The number of hydrogen-bond donors (Lipinski definition) is 0. The highest BCUT2D eigenvalue weighted by molar-refractivity contribution is 5.82. The zero-order valence-corrected chi connectivity index (χ0v) is 18.4. The highest BCUT2D eigenvalue weighted by atomic mass is 16.6. The zero-order valence-electron chi connectivity index (χ0n) is 18.4. The average Bonchev–Trinajstić information content (AvgIpc) is 2.62. The standard InChI is InChI=1S/C26H40O2/c1-5-6-7-8-9-10-11-12-13-14-15-16-17-18-19-20-21-22-23-24-25(27)28-26(2,3)4/h13-24H,5-12H2,1-4H3/b14-13+,16-15+,18-17+,20-19+,22-21+,24-23+. The van der Waals surface area contributed by atoms with Crippen LogP contribution in [0.15, 0.2) is 72.9 Å². The van der Waals surface area contributed by atoms with Crippen LogP contribution in [0.2, 0.25) is 0 Å². The van der Waals surface area contributed by atoms with E-state index in [1.54, 1.807) is 12.2 Å². The lowest BCUT2D eigenvalue weighted by Crippen LogP contribution is -2.22. The molecule has 2 nitrogen and oxygen atoms in total. The predicted molar refractivity (Wildman–Crippen MR) is 123 cm³/mol. The van der Waals surface area contributed by atoms with Gasteiger partial charge in [0.25, 0.3) is 0 Å². The first kappa shape index (κ1) is 25.9. The first-order chi connectivity index (χ1) is 13.5. The van der Waals surface area contributed by atoms with E-state index in [-0.39, 0.29) is 5.97 Å². The minimum absolute atomic E-state index is 0.328. The van der Waals surface area contributed by atoms with Crippen molar-refractivity contribution < 1.29 is 9.53 Å². The number of esters is 1. The minimum Gasteiger partial charge on any atom is -0.457 e. The molecule has 0 aliphatic carbocycles. The van der Waals surface area contributed by atoms with E-state index in [1.165, 1.54) is 57.4 Å². The van der Waals surface area contributed by atoms with Gasteiger partial charge in [-0.1, -0.05) is 112 Å². The van der Waals surface area contributed by atoms with E-state index in [4.69, 9.17) is 4.74 Å². The molecule has 0 bridgehead atoms. The summed E-state index contributed by atoms with van der Waals surface area (Å²) in [6.07, 6.45) is 33.8. The first-order valence-corrected chi connectivity index (χ1v) is 10.7. The van der Waals surface area contributed by atoms with Crippen LogP contribution in [0.5, 0.6) is 0 Å². The molecular formula is C26H40O2. The fourth-order valence-electron chi connectivity index (χ4n) is 2.38. The van der Waals surface area contributed by atoms with Gasteiger partial charge in [-0.15, -0.1) is 0 Å². The van der Waals surface area contributed by atoms with Crippen molar-refractivity contribution in [3.8, 4) is 0 Å². The number of carbonyl (C=O) groups is 1. The number of unbranched alkanes of at least 4 members (excludes halogenated alkanes) is 7. The second-order valence-corrected chi connectivity index (χ2v) is 7.77. The second-order valence-electron chi connectivity index (χ2n) is 7.77. The maximum absolute atomic E-state index is 11.5. The van der Waals surface area contributed by atoms with E-state index in [1.807, 2.05) is 57.2 Å². The Hall–Kier alpha value is -2.09. The Morgan fingerprint density at radius 2 is 1.14 bits per heavy atom. The first-order valence-electron chi connectivity index (χ1n) is 10.7. The Kier molecular flexibility index (Phi) is 16.9. The van der Waals surface area contributed by atoms with Crippen LogP contribution in [-0.2, 0) is 9.53 Å². The van der Waals surface area contributed by atoms with Crippen molar-refractivity contribution in [2.75, 3.05) is 0 Å². The number of carbonyl (C=O) groups excluding carboxylic acids is 1. The molecule has 0 saturated carbocycles. The normalized spacial score (nSPS) is 13.4. The molecule has 0 atom stereocenters. The van der Waals surface area contributed by atoms with E-state index >= 15 is 0 Å². The summed E-state index contributed by atoms with van der Waals surface area (Å²) in [4.78, 5) is 11.5. The molecule has 0 aliphatic heterocycles. The molecule has 0 aromatic rings. The molecule has 0 heterocycles. The van der Waals surface area contributed by atoms with Gasteiger partial charge in [0, 0.05) is 6.08 Å². The van der Waals surface area contributed by atoms with Crippen LogP contribution in [0.3, 0.4) is 0 Å². The zero-order chi connectivity index (χ0) is 20.9. The highest BCUT2D eigenvalue weighted by Crippen LogP contribution is 2.08. The molecule has 0 aromatic carbocycles. The smallest absolute Gasteiger partial charge is 0.331 e. The van der Waals surface area contributed by atoms with E-state index < -0.39 is 5.60 Å². The van der Waals surface area contributed by atoms with Gasteiger partial charge >= 0.3 is 5.97 Å². The summed E-state index contributed by atoms with van der Waals surface area (Å²) in [6, 6.07) is 0. The SMILES string of the molecule is CCCCCCCCC/C=C/C=C/C=C/C=C/C=C/C=C/C(=O)OC(C)(C)C. The fraction of sp³-hybridized carbons (Fsp3) is 0.500. The third kappa shape index (κ3) is 22.0. The Bertz CT molecular complexity index is 551. The average molecular weight is 385 g/mol. The molecule has 0 amide bonds. The van der Waals surface area contributed by atoms with Crippen LogP contribution in [0, 0.1) is 0 Å². The molecule has 0 aliphatic rings. The Morgan fingerprint density at radius 1 is 0.679 bits per heavy atom. The third-order valence-corrected chi connectivity index (χ3v) is 3.75. The summed E-state index contributed by atoms with van der Waals surface area (Å²) in [5.74, 6) is -0.328. The van der Waals surface area contributed by atoms with Crippen molar-refractivity contribution in [3.05, 3.63) is 72.9 Å². The predicted octanol–water partition coefficient (Wildman–Crippen LogP) is 7.81. The monoisotopic (exact) mass is 384 g/mol. The summed E-state index contributed by atoms with van der Waals surface area (Å²) in [7, 11) is 0. The van der Waals surface area contributed by atoms with Gasteiger partial charge in [-0.2, -0.15) is 0 Å². The molecule has 0 saturated heterocycles. The third-order valence-electron chi connectivity index (χ3n) is 3.75. The van der Waals surface area contributed by atoms with Crippen LogP contribution >= 0.6 is 0 Å². The molecule has 0 aromatic heterocycles. The van der Waals surface area contributed by atoms with Gasteiger partial charge in [0.15, 0.2) is 0 Å². The number of allylic oxidation sites excluding steroid dienone is 11. The van der Waals surface area contributed by atoms with Crippen molar-refractivity contribution in [1.82, 2.24) is 0 Å². The number of ether oxygens (including phenoxy) is 1. The summed E-state index contributed by atoms with van der Waals surface area (Å²) in [5, 5.41) is 0. The van der Waals surface area contributed by atoms with E-state index in [0.717, 1.165) is 0 Å². The van der Waals surface area contributed by atoms with Crippen molar-refractivity contribution in [1.29, 1.82) is 0 Å². The van der Waals surface area contributed by atoms with Gasteiger partial charge in [-0.05, 0) is 33.6 Å². The number of rotatable bonds is 14. The van der Waals surface area contributed by atoms with E-state index in [2.05, 4.69) is 25.2 Å². The second kappa shape index (κ2) is 18.3. The molecule has 0 spiro atoms. The lowest BCUT2D eigenvalue weighted by atomic mass is 10.1. The van der Waals surface area contributed by atoms with Crippen LogP contribution in [0.25, 0.3) is 0 Å². The van der Waals surface area contributed by atoms with E-state index in [9.17, 15) is 4.79 Å². The van der Waals surface area contributed by atoms with Crippen molar-refractivity contribution in [3.63, 3.8) is 0 Å². The maximum Gasteiger partial charge on any atom is 0.331 e. The summed E-state index contributed by atoms with van der Waals surface area (Å²) in [6.45, 7) is 7.81. The van der Waals surface area contributed by atoms with Crippen LogP contribution in [-0.4, -0.2) is 11.6 Å². The molecule has 0 N–H and O–H groups in total. The number of hydrogen-bond acceptors (Lipinski definition) is 2. The molecule has 0 unspecified atom stereocenters. The lowest BCUT2D eigenvalue weighted by molar-refractivity contribution is -0.148. The van der Waals surface area contributed by atoms with Gasteiger partial charge in [-0.3, -0.25) is 0 Å². The molecule has 2 heteroatoms. The van der Waals surface area contributed by atoms with Gasteiger partial charge in [-0.25, -0.2) is 4.79 Å². The Balaban J connectivity index is 3.75. The van der Waals surface area contributed by atoms with Crippen LogP contribution in [0.1, 0.15) is 79.1 Å². The Morgan fingerprint density at radius 3 is 1.68 bits per heavy atom. The van der Waals surface area contributed by atoms with Crippen molar-refractivity contribution in [2.45, 2.75) is 84.7 Å². The van der Waals surface area contributed by atoms with Crippen LogP contribution in [0.4, 0.5) is 0 Å².